The van der Waals surface area contributed by atoms with Crippen LogP contribution in [0.4, 0.5) is 5.69 Å². The predicted octanol–water partition coefficient (Wildman–Crippen LogP) is 2.11. The lowest BCUT2D eigenvalue weighted by Crippen LogP contribution is -2.46. The molecule has 0 aromatic heterocycles. The average molecular weight is 404 g/mol. The predicted molar refractivity (Wildman–Crippen MR) is 108 cm³/mol. The summed E-state index contributed by atoms with van der Waals surface area (Å²) < 4.78 is 34.1. The Kier molecular flexibility index (Phi) is 6.21. The van der Waals surface area contributed by atoms with Crippen LogP contribution in [-0.2, 0) is 14.6 Å². The Morgan fingerprint density at radius 2 is 1.64 bits per heavy atom. The number of hydrogen-bond acceptors (Lipinski definition) is 6. The van der Waals surface area contributed by atoms with E-state index in [-0.39, 0.29) is 17.4 Å². The third kappa shape index (κ3) is 4.63. The lowest BCUT2D eigenvalue weighted by molar-refractivity contribution is -0.121. The molecule has 1 fully saturated rings. The molecule has 0 bridgehead atoms. The summed E-state index contributed by atoms with van der Waals surface area (Å²) in [5.74, 6) is 0.972. The standard InChI is InChI=1S/C20H24N2O5S/c1-26-17-9-8-16(14-18(17)27-2)21-20(23)19(15-6-4-3-5-7-15)22-10-12-28(24,25)13-11-22/h3-9,14,19H,10-13H2,1-2H3,(H,21,23). The van der Waals surface area contributed by atoms with Gasteiger partial charge in [-0.1, -0.05) is 30.3 Å². The molecule has 1 aliphatic rings. The summed E-state index contributed by atoms with van der Waals surface area (Å²) in [5.41, 5.74) is 1.40. The van der Waals surface area contributed by atoms with Crippen molar-refractivity contribution in [3.05, 3.63) is 54.1 Å². The summed E-state index contributed by atoms with van der Waals surface area (Å²) in [6.45, 7) is 0.641. The van der Waals surface area contributed by atoms with Gasteiger partial charge in [0.25, 0.3) is 0 Å². The molecule has 1 amide bonds. The number of amides is 1. The zero-order valence-electron chi connectivity index (χ0n) is 15.9. The molecular formula is C20H24N2O5S. The Bertz CT molecular complexity index is 917. The number of carbonyl (C=O) groups is 1. The van der Waals surface area contributed by atoms with Gasteiger partial charge in [0.2, 0.25) is 5.91 Å². The summed E-state index contributed by atoms with van der Waals surface area (Å²) in [4.78, 5) is 15.1. The highest BCUT2D eigenvalue weighted by Crippen LogP contribution is 2.31. The van der Waals surface area contributed by atoms with E-state index in [1.54, 1.807) is 25.3 Å². The number of nitrogens with zero attached hydrogens (tertiary/aromatic N) is 1. The first-order chi connectivity index (χ1) is 13.4. The van der Waals surface area contributed by atoms with Crippen LogP contribution < -0.4 is 14.8 Å². The number of carbonyl (C=O) groups excluding carboxylic acids is 1. The Morgan fingerprint density at radius 3 is 2.25 bits per heavy atom. The van der Waals surface area contributed by atoms with Crippen LogP contribution >= 0.6 is 0 Å². The smallest absolute Gasteiger partial charge is 0.246 e. The van der Waals surface area contributed by atoms with Crippen molar-refractivity contribution in [3.63, 3.8) is 0 Å². The highest BCUT2D eigenvalue weighted by molar-refractivity contribution is 7.91. The second-order valence-electron chi connectivity index (χ2n) is 6.56. The first-order valence-electron chi connectivity index (χ1n) is 8.96. The van der Waals surface area contributed by atoms with Crippen molar-refractivity contribution >= 4 is 21.4 Å². The van der Waals surface area contributed by atoms with Gasteiger partial charge in [0.15, 0.2) is 21.3 Å². The highest BCUT2D eigenvalue weighted by atomic mass is 32.2. The second kappa shape index (κ2) is 8.62. The monoisotopic (exact) mass is 404 g/mol. The third-order valence-corrected chi connectivity index (χ3v) is 6.37. The molecule has 1 N–H and O–H groups in total. The Labute approximate surface area is 165 Å². The van der Waals surface area contributed by atoms with Crippen molar-refractivity contribution in [2.24, 2.45) is 0 Å². The van der Waals surface area contributed by atoms with Crippen LogP contribution in [0.15, 0.2) is 48.5 Å². The number of hydrogen-bond donors (Lipinski definition) is 1. The van der Waals surface area contributed by atoms with Crippen LogP contribution in [0.3, 0.4) is 0 Å². The molecule has 28 heavy (non-hydrogen) atoms. The minimum atomic E-state index is -3.04. The zero-order chi connectivity index (χ0) is 20.1. The summed E-state index contributed by atoms with van der Waals surface area (Å²) in [7, 11) is 0.0432. The van der Waals surface area contributed by atoms with Crippen molar-refractivity contribution < 1.29 is 22.7 Å². The summed E-state index contributed by atoms with van der Waals surface area (Å²) in [6, 6.07) is 13.9. The molecule has 1 atom stereocenters. The molecule has 150 valence electrons. The Balaban J connectivity index is 1.85. The number of rotatable bonds is 6. The summed E-state index contributed by atoms with van der Waals surface area (Å²) >= 11 is 0. The van der Waals surface area contributed by atoms with Crippen molar-refractivity contribution in [3.8, 4) is 11.5 Å². The van der Waals surface area contributed by atoms with Gasteiger partial charge in [0, 0.05) is 24.8 Å². The van der Waals surface area contributed by atoms with E-state index in [9.17, 15) is 13.2 Å². The Hall–Kier alpha value is -2.58. The van der Waals surface area contributed by atoms with Gasteiger partial charge >= 0.3 is 0 Å². The van der Waals surface area contributed by atoms with Crippen LogP contribution in [-0.4, -0.2) is 58.0 Å². The molecule has 1 aliphatic heterocycles. The van der Waals surface area contributed by atoms with E-state index in [4.69, 9.17) is 9.47 Å². The molecule has 8 heteroatoms. The van der Waals surface area contributed by atoms with Gasteiger partial charge in [-0.3, -0.25) is 9.69 Å². The van der Waals surface area contributed by atoms with Crippen LogP contribution in [0.5, 0.6) is 11.5 Å². The molecule has 2 aromatic rings. The molecule has 1 heterocycles. The molecule has 1 saturated heterocycles. The minimum Gasteiger partial charge on any atom is -0.493 e. The summed E-state index contributed by atoms with van der Waals surface area (Å²) in [5, 5.41) is 2.92. The number of anilines is 1. The number of methoxy groups -OCH3 is 2. The van der Waals surface area contributed by atoms with Crippen LogP contribution in [0, 0.1) is 0 Å². The molecule has 7 nitrogen and oxygen atoms in total. The SMILES string of the molecule is COc1ccc(NC(=O)C(c2ccccc2)N2CCS(=O)(=O)CC2)cc1OC. The fourth-order valence-corrected chi connectivity index (χ4v) is 4.50. The van der Waals surface area contributed by atoms with Gasteiger partial charge in [-0.25, -0.2) is 8.42 Å². The molecule has 2 aromatic carbocycles. The summed E-state index contributed by atoms with van der Waals surface area (Å²) in [6.07, 6.45) is 0. The van der Waals surface area contributed by atoms with E-state index >= 15 is 0 Å². The third-order valence-electron chi connectivity index (χ3n) is 4.76. The lowest BCUT2D eigenvalue weighted by Gasteiger charge is -2.33. The molecule has 0 spiro atoms. The maximum atomic E-state index is 13.2. The molecule has 0 aliphatic carbocycles. The quantitative estimate of drug-likeness (QED) is 0.794. The number of sulfone groups is 1. The van der Waals surface area contributed by atoms with Crippen molar-refractivity contribution in [2.75, 3.05) is 44.1 Å². The lowest BCUT2D eigenvalue weighted by atomic mass is 10.0. The van der Waals surface area contributed by atoms with Gasteiger partial charge in [-0.05, 0) is 17.7 Å². The highest BCUT2D eigenvalue weighted by Gasteiger charge is 2.32. The van der Waals surface area contributed by atoms with Crippen LogP contribution in [0.2, 0.25) is 0 Å². The van der Waals surface area contributed by atoms with Gasteiger partial charge in [0.1, 0.15) is 6.04 Å². The minimum absolute atomic E-state index is 0.0555. The first kappa shape index (κ1) is 20.2. The number of benzene rings is 2. The van der Waals surface area contributed by atoms with Gasteiger partial charge < -0.3 is 14.8 Å². The average Bonchev–Trinajstić information content (AvgIpc) is 2.70. The number of ether oxygens (including phenoxy) is 2. The van der Waals surface area contributed by atoms with Gasteiger partial charge in [-0.2, -0.15) is 0 Å². The van der Waals surface area contributed by atoms with E-state index in [0.29, 0.717) is 30.3 Å². The normalized spacial score (nSPS) is 17.5. The van der Waals surface area contributed by atoms with Crippen molar-refractivity contribution in [1.29, 1.82) is 0 Å². The fraction of sp³-hybridized carbons (Fsp3) is 0.350. The molecule has 3 rings (SSSR count). The molecule has 0 radical (unpaired) electrons. The molecule has 1 unspecified atom stereocenters. The first-order valence-corrected chi connectivity index (χ1v) is 10.8. The van der Waals surface area contributed by atoms with Crippen molar-refractivity contribution in [1.82, 2.24) is 4.90 Å². The van der Waals surface area contributed by atoms with E-state index in [0.717, 1.165) is 5.56 Å². The van der Waals surface area contributed by atoms with E-state index in [1.807, 2.05) is 35.2 Å². The van der Waals surface area contributed by atoms with Crippen molar-refractivity contribution in [2.45, 2.75) is 6.04 Å². The topological polar surface area (TPSA) is 84.9 Å². The van der Waals surface area contributed by atoms with E-state index < -0.39 is 15.9 Å². The molecular weight excluding hydrogens is 380 g/mol. The second-order valence-corrected chi connectivity index (χ2v) is 8.86. The van der Waals surface area contributed by atoms with Gasteiger partial charge in [-0.15, -0.1) is 0 Å². The van der Waals surface area contributed by atoms with Gasteiger partial charge in [0.05, 0.1) is 25.7 Å². The zero-order valence-corrected chi connectivity index (χ0v) is 16.7. The number of nitrogens with one attached hydrogen (secondary N) is 1. The van der Waals surface area contributed by atoms with Crippen LogP contribution in [0.1, 0.15) is 11.6 Å². The molecule has 0 saturated carbocycles. The van der Waals surface area contributed by atoms with E-state index in [2.05, 4.69) is 5.32 Å². The Morgan fingerprint density at radius 1 is 1.00 bits per heavy atom. The maximum Gasteiger partial charge on any atom is 0.246 e. The van der Waals surface area contributed by atoms with Crippen LogP contribution in [0.25, 0.3) is 0 Å². The van der Waals surface area contributed by atoms with E-state index in [1.165, 1.54) is 7.11 Å². The fourth-order valence-electron chi connectivity index (χ4n) is 3.27. The largest absolute Gasteiger partial charge is 0.493 e. The maximum absolute atomic E-state index is 13.2.